The summed E-state index contributed by atoms with van der Waals surface area (Å²) in [6.45, 7) is 3.12. The van der Waals surface area contributed by atoms with Crippen molar-refractivity contribution >= 4 is 23.6 Å². The normalized spacial score (nSPS) is 16.3. The van der Waals surface area contributed by atoms with Gasteiger partial charge >= 0.3 is 0 Å². The molecule has 1 N–H and O–H groups in total. The van der Waals surface area contributed by atoms with Crippen molar-refractivity contribution in [3.8, 4) is 5.82 Å². The molecule has 2 amide bonds. The summed E-state index contributed by atoms with van der Waals surface area (Å²) < 4.78 is 1.84. The zero-order valence-corrected chi connectivity index (χ0v) is 20.8. The van der Waals surface area contributed by atoms with E-state index in [4.69, 9.17) is 0 Å². The number of amides is 2. The Kier molecular flexibility index (Phi) is 7.13. The number of carbonyl (C=O) groups excluding carboxylic acids is 2. The van der Waals surface area contributed by atoms with Crippen molar-refractivity contribution in [2.45, 2.75) is 63.2 Å². The van der Waals surface area contributed by atoms with Crippen LogP contribution in [-0.4, -0.2) is 48.8 Å². The zero-order chi connectivity index (χ0) is 24.2. The molecule has 0 saturated carbocycles. The van der Waals surface area contributed by atoms with Gasteiger partial charge in [0.15, 0.2) is 11.0 Å². The van der Waals surface area contributed by atoms with Gasteiger partial charge in [-0.25, -0.2) is 4.98 Å². The number of nitrogens with zero attached hydrogens (tertiary/aromatic N) is 5. The number of carbonyl (C=O) groups is 2. The summed E-state index contributed by atoms with van der Waals surface area (Å²) in [6, 6.07) is 12.1. The van der Waals surface area contributed by atoms with E-state index < -0.39 is 0 Å². The third-order valence-corrected chi connectivity index (χ3v) is 7.59. The van der Waals surface area contributed by atoms with Gasteiger partial charge in [-0.3, -0.25) is 14.2 Å². The number of nitrogens with one attached hydrogen (secondary N) is 1. The lowest BCUT2D eigenvalue weighted by Gasteiger charge is -2.20. The number of pyridine rings is 1. The maximum absolute atomic E-state index is 12.8. The topological polar surface area (TPSA) is 93.0 Å². The summed E-state index contributed by atoms with van der Waals surface area (Å²) in [7, 11) is 0. The standard InChI is InChI=1S/C26H30N6O2S/c1-18(20-12-11-19-7-2-3-8-21(19)15-20)28-24(33)17-35-26-30-29-23(16-31-14-6-10-25(31)34)32(26)22-9-4-5-13-27-22/h4-5,9,11-13,15,18H,2-3,6-8,10,14,16-17H2,1H3,(H,28,33)/t18-/m0/s1. The predicted molar refractivity (Wildman–Crippen MR) is 134 cm³/mol. The summed E-state index contributed by atoms with van der Waals surface area (Å²) in [5, 5.41) is 12.4. The monoisotopic (exact) mass is 490 g/mol. The Hall–Kier alpha value is -3.20. The molecule has 1 aromatic carbocycles. The number of benzene rings is 1. The lowest BCUT2D eigenvalue weighted by atomic mass is 9.89. The molecule has 35 heavy (non-hydrogen) atoms. The summed E-state index contributed by atoms with van der Waals surface area (Å²) in [6.07, 6.45) is 7.91. The molecule has 8 nitrogen and oxygen atoms in total. The molecule has 3 aromatic rings. The Balaban J connectivity index is 1.26. The van der Waals surface area contributed by atoms with E-state index in [9.17, 15) is 9.59 Å². The van der Waals surface area contributed by atoms with Crippen molar-refractivity contribution < 1.29 is 9.59 Å². The number of rotatable bonds is 8. The Bertz CT molecular complexity index is 1210. The van der Waals surface area contributed by atoms with Gasteiger partial charge in [-0.1, -0.05) is 36.0 Å². The Morgan fingerprint density at radius 2 is 1.94 bits per heavy atom. The lowest BCUT2D eigenvalue weighted by molar-refractivity contribution is -0.128. The van der Waals surface area contributed by atoms with Crippen LogP contribution in [0.25, 0.3) is 5.82 Å². The number of hydrogen-bond donors (Lipinski definition) is 1. The Morgan fingerprint density at radius 1 is 1.09 bits per heavy atom. The van der Waals surface area contributed by atoms with Gasteiger partial charge in [0.1, 0.15) is 5.82 Å². The van der Waals surface area contributed by atoms with Crippen LogP contribution in [0, 0.1) is 0 Å². The molecular weight excluding hydrogens is 460 g/mol. The SMILES string of the molecule is C[C@H](NC(=O)CSc1nnc(CN2CCCC2=O)n1-c1ccccn1)c1ccc2c(c1)CCCC2. The molecule has 182 valence electrons. The van der Waals surface area contributed by atoms with Crippen molar-refractivity contribution in [2.75, 3.05) is 12.3 Å². The van der Waals surface area contributed by atoms with Crippen molar-refractivity contribution in [3.05, 3.63) is 65.1 Å². The minimum Gasteiger partial charge on any atom is -0.349 e. The maximum atomic E-state index is 12.8. The summed E-state index contributed by atoms with van der Waals surface area (Å²) in [4.78, 5) is 31.2. The minimum atomic E-state index is -0.0688. The van der Waals surface area contributed by atoms with E-state index in [1.807, 2.05) is 29.7 Å². The molecule has 0 spiro atoms. The first-order valence-corrected chi connectivity index (χ1v) is 13.2. The molecule has 1 aliphatic heterocycles. The fourth-order valence-corrected chi connectivity index (χ4v) is 5.54. The molecule has 5 rings (SSSR count). The van der Waals surface area contributed by atoms with E-state index in [-0.39, 0.29) is 23.6 Å². The van der Waals surface area contributed by atoms with Gasteiger partial charge < -0.3 is 10.2 Å². The number of thioether (sulfide) groups is 1. The van der Waals surface area contributed by atoms with Crippen LogP contribution in [0.4, 0.5) is 0 Å². The quantitative estimate of drug-likeness (QED) is 0.485. The molecule has 1 aliphatic carbocycles. The van der Waals surface area contributed by atoms with Crippen molar-refractivity contribution in [2.24, 2.45) is 0 Å². The van der Waals surface area contributed by atoms with Crippen LogP contribution < -0.4 is 5.32 Å². The summed E-state index contributed by atoms with van der Waals surface area (Å²) in [5.41, 5.74) is 3.99. The van der Waals surface area contributed by atoms with Gasteiger partial charge in [-0.05, 0) is 67.9 Å². The fourth-order valence-electron chi connectivity index (χ4n) is 4.77. The zero-order valence-electron chi connectivity index (χ0n) is 19.9. The minimum absolute atomic E-state index is 0.0629. The summed E-state index contributed by atoms with van der Waals surface area (Å²) in [5.74, 6) is 1.59. The number of fused-ring (bicyclic) bond motifs is 1. The third-order valence-electron chi connectivity index (χ3n) is 6.66. The van der Waals surface area contributed by atoms with Crippen molar-refractivity contribution in [1.82, 2.24) is 30.0 Å². The van der Waals surface area contributed by atoms with Crippen molar-refractivity contribution in [3.63, 3.8) is 0 Å². The van der Waals surface area contributed by atoms with Gasteiger partial charge in [-0.2, -0.15) is 0 Å². The van der Waals surface area contributed by atoms with Gasteiger partial charge in [0.2, 0.25) is 11.8 Å². The molecule has 1 atom stereocenters. The first-order valence-electron chi connectivity index (χ1n) is 12.3. The van der Waals surface area contributed by atoms with Crippen LogP contribution in [-0.2, 0) is 29.0 Å². The smallest absolute Gasteiger partial charge is 0.230 e. The predicted octanol–water partition coefficient (Wildman–Crippen LogP) is 3.63. The molecule has 0 unspecified atom stereocenters. The molecule has 0 radical (unpaired) electrons. The van der Waals surface area contributed by atoms with Crippen LogP contribution >= 0.6 is 11.8 Å². The number of hydrogen-bond acceptors (Lipinski definition) is 6. The van der Waals surface area contributed by atoms with Crippen LogP contribution in [0.5, 0.6) is 0 Å². The molecule has 1 saturated heterocycles. The third kappa shape index (κ3) is 5.40. The summed E-state index contributed by atoms with van der Waals surface area (Å²) >= 11 is 1.32. The second kappa shape index (κ2) is 10.6. The van der Waals surface area contributed by atoms with Gasteiger partial charge in [0.05, 0.1) is 18.3 Å². The molecule has 3 heterocycles. The Morgan fingerprint density at radius 3 is 2.71 bits per heavy atom. The maximum Gasteiger partial charge on any atom is 0.230 e. The fraction of sp³-hybridized carbons (Fsp3) is 0.423. The Labute approximate surface area is 209 Å². The van der Waals surface area contributed by atoms with Crippen LogP contribution in [0.2, 0.25) is 0 Å². The highest BCUT2D eigenvalue weighted by atomic mass is 32.2. The van der Waals surface area contributed by atoms with E-state index >= 15 is 0 Å². The van der Waals surface area contributed by atoms with E-state index in [1.54, 1.807) is 11.1 Å². The van der Waals surface area contributed by atoms with E-state index in [1.165, 1.54) is 35.7 Å². The number of aromatic nitrogens is 4. The van der Waals surface area contributed by atoms with Gasteiger partial charge in [0.25, 0.3) is 0 Å². The second-order valence-corrected chi connectivity index (χ2v) is 10.1. The molecule has 1 fully saturated rings. The van der Waals surface area contributed by atoms with Crippen LogP contribution in [0.15, 0.2) is 47.8 Å². The number of likely N-dealkylation sites (tertiary alicyclic amines) is 1. The first-order chi connectivity index (χ1) is 17.1. The van der Waals surface area contributed by atoms with Gasteiger partial charge in [-0.15, -0.1) is 10.2 Å². The van der Waals surface area contributed by atoms with Crippen molar-refractivity contribution in [1.29, 1.82) is 0 Å². The largest absolute Gasteiger partial charge is 0.349 e. The molecule has 9 heteroatoms. The van der Waals surface area contributed by atoms with E-state index in [2.05, 4.69) is 38.7 Å². The average Bonchev–Trinajstić information content (AvgIpc) is 3.48. The number of aryl methyl sites for hydroxylation is 2. The average molecular weight is 491 g/mol. The van der Waals surface area contributed by atoms with E-state index in [0.29, 0.717) is 29.8 Å². The molecule has 0 bridgehead atoms. The first kappa shape index (κ1) is 23.5. The van der Waals surface area contributed by atoms with Gasteiger partial charge in [0, 0.05) is 19.2 Å². The van der Waals surface area contributed by atoms with Crippen LogP contribution in [0.1, 0.15) is 61.2 Å². The second-order valence-electron chi connectivity index (χ2n) is 9.15. The highest BCUT2D eigenvalue weighted by Gasteiger charge is 2.25. The molecular formula is C26H30N6O2S. The highest BCUT2D eigenvalue weighted by molar-refractivity contribution is 7.99. The molecule has 2 aromatic heterocycles. The van der Waals surface area contributed by atoms with E-state index in [0.717, 1.165) is 31.4 Å². The highest BCUT2D eigenvalue weighted by Crippen LogP contribution is 2.26. The van der Waals surface area contributed by atoms with Crippen LogP contribution in [0.3, 0.4) is 0 Å². The molecule has 2 aliphatic rings. The lowest BCUT2D eigenvalue weighted by Crippen LogP contribution is -2.28.